The van der Waals surface area contributed by atoms with Crippen molar-refractivity contribution in [2.24, 2.45) is 5.73 Å². The van der Waals surface area contributed by atoms with Crippen molar-refractivity contribution in [2.75, 3.05) is 6.54 Å². The highest BCUT2D eigenvalue weighted by molar-refractivity contribution is 7.07. The van der Waals surface area contributed by atoms with Crippen molar-refractivity contribution in [3.05, 3.63) is 69.0 Å². The minimum Gasteiger partial charge on any atom is -0.374 e. The van der Waals surface area contributed by atoms with Gasteiger partial charge in [0.1, 0.15) is 11.5 Å². The zero-order valence-electron chi connectivity index (χ0n) is 17.4. The molecule has 0 bridgehead atoms. The molecule has 3 rings (SSSR count). The van der Waals surface area contributed by atoms with Crippen LogP contribution in [0.1, 0.15) is 35.6 Å². The molecule has 0 aliphatic rings. The lowest BCUT2D eigenvalue weighted by atomic mass is 9.89. The molecule has 12 heteroatoms. The van der Waals surface area contributed by atoms with Gasteiger partial charge in [-0.05, 0) is 49.7 Å². The van der Waals surface area contributed by atoms with Gasteiger partial charge in [0.15, 0.2) is 0 Å². The van der Waals surface area contributed by atoms with E-state index in [-0.39, 0.29) is 27.5 Å². The molecule has 1 amide bonds. The number of pyridine rings is 1. The summed E-state index contributed by atoms with van der Waals surface area (Å²) in [6, 6.07) is 5.99. The number of benzene rings is 1. The van der Waals surface area contributed by atoms with Gasteiger partial charge in [-0.3, -0.25) is 4.79 Å². The minimum atomic E-state index is -5.22. The van der Waals surface area contributed by atoms with Gasteiger partial charge in [0.05, 0.1) is 28.5 Å². The summed E-state index contributed by atoms with van der Waals surface area (Å²) in [4.78, 5) is 19.9. The molecule has 0 fully saturated rings. The Kier molecular flexibility index (Phi) is 6.81. The van der Waals surface area contributed by atoms with Crippen LogP contribution in [0.5, 0.6) is 0 Å². The van der Waals surface area contributed by atoms with Gasteiger partial charge in [0.2, 0.25) is 5.60 Å². The molecule has 1 aromatic carbocycles. The average Bonchev–Trinajstić information content (AvgIpc) is 3.27. The number of thiazole rings is 1. The van der Waals surface area contributed by atoms with Crippen LogP contribution in [0.25, 0.3) is 11.3 Å². The largest absolute Gasteiger partial charge is 0.424 e. The Hall–Kier alpha value is -2.60. The Morgan fingerprint density at radius 3 is 2.48 bits per heavy atom. The predicted molar refractivity (Wildman–Crippen MR) is 116 cm³/mol. The lowest BCUT2D eigenvalue weighted by molar-refractivity contribution is -0.265. The van der Waals surface area contributed by atoms with Crippen molar-refractivity contribution >= 4 is 28.8 Å². The van der Waals surface area contributed by atoms with Crippen molar-refractivity contribution in [3.8, 4) is 11.3 Å². The molecular formula is C21H19ClF4N4O2S. The number of aromatic nitrogens is 2. The second-order valence-electron chi connectivity index (χ2n) is 7.89. The Balaban J connectivity index is 2.12. The number of carbonyl (C=O) groups excluding carboxylic acids is 1. The summed E-state index contributed by atoms with van der Waals surface area (Å²) in [5.41, 5.74) is 2.32. The van der Waals surface area contributed by atoms with E-state index in [0.29, 0.717) is 0 Å². The van der Waals surface area contributed by atoms with Crippen LogP contribution in [-0.2, 0) is 11.1 Å². The van der Waals surface area contributed by atoms with Crippen molar-refractivity contribution in [1.82, 2.24) is 15.3 Å². The van der Waals surface area contributed by atoms with E-state index in [2.05, 4.69) is 15.3 Å². The molecule has 4 N–H and O–H groups in total. The molecule has 0 spiro atoms. The summed E-state index contributed by atoms with van der Waals surface area (Å²) >= 11 is 6.91. The maximum atomic E-state index is 14.1. The lowest BCUT2D eigenvalue weighted by Gasteiger charge is -2.32. The van der Waals surface area contributed by atoms with Gasteiger partial charge in [-0.1, -0.05) is 11.6 Å². The van der Waals surface area contributed by atoms with E-state index in [1.807, 2.05) is 0 Å². The van der Waals surface area contributed by atoms with E-state index >= 15 is 0 Å². The van der Waals surface area contributed by atoms with Gasteiger partial charge in [-0.15, -0.1) is 11.3 Å². The number of aliphatic hydroxyl groups is 1. The Bertz CT molecular complexity index is 1170. The molecule has 176 valence electrons. The topological polar surface area (TPSA) is 101 Å². The first-order valence-corrected chi connectivity index (χ1v) is 10.8. The third kappa shape index (κ3) is 5.32. The summed E-state index contributed by atoms with van der Waals surface area (Å²) < 4.78 is 55.9. The number of nitrogens with zero attached hydrogens (tertiary/aromatic N) is 2. The molecule has 0 aliphatic carbocycles. The summed E-state index contributed by atoms with van der Waals surface area (Å²) in [6.07, 6.45) is -5.22. The van der Waals surface area contributed by atoms with Gasteiger partial charge in [-0.25, -0.2) is 14.4 Å². The van der Waals surface area contributed by atoms with E-state index < -0.39 is 41.3 Å². The highest BCUT2D eigenvalue weighted by Gasteiger charge is 2.56. The first-order chi connectivity index (χ1) is 15.2. The molecule has 33 heavy (non-hydrogen) atoms. The molecular weight excluding hydrogens is 484 g/mol. The van der Waals surface area contributed by atoms with Gasteiger partial charge < -0.3 is 16.2 Å². The van der Waals surface area contributed by atoms with Crippen LogP contribution < -0.4 is 11.1 Å². The van der Waals surface area contributed by atoms with Crippen LogP contribution in [0.2, 0.25) is 5.02 Å². The third-order valence-corrected chi connectivity index (χ3v) is 5.72. The van der Waals surface area contributed by atoms with E-state index in [9.17, 15) is 27.5 Å². The molecule has 0 aliphatic heterocycles. The Morgan fingerprint density at radius 1 is 1.24 bits per heavy atom. The predicted octanol–water partition coefficient (Wildman–Crippen LogP) is 4.37. The highest BCUT2D eigenvalue weighted by atomic mass is 35.5. The van der Waals surface area contributed by atoms with Gasteiger partial charge in [-0.2, -0.15) is 13.2 Å². The van der Waals surface area contributed by atoms with E-state index in [4.69, 9.17) is 17.3 Å². The zero-order valence-corrected chi connectivity index (χ0v) is 18.9. The molecule has 2 aromatic heterocycles. The van der Waals surface area contributed by atoms with Crippen LogP contribution in [-0.4, -0.2) is 33.7 Å². The number of nitrogens with two attached hydrogens (primary N) is 1. The summed E-state index contributed by atoms with van der Waals surface area (Å²) in [6.45, 7) is 1.90. The summed E-state index contributed by atoms with van der Waals surface area (Å²) in [7, 11) is 0. The molecule has 0 saturated carbocycles. The van der Waals surface area contributed by atoms with Crippen molar-refractivity contribution in [3.63, 3.8) is 0 Å². The number of rotatable bonds is 6. The van der Waals surface area contributed by atoms with Crippen LogP contribution in [0, 0.1) is 5.82 Å². The van der Waals surface area contributed by atoms with Crippen LogP contribution in [0.15, 0.2) is 41.2 Å². The quantitative estimate of drug-likeness (QED) is 0.434. The molecule has 3 aromatic rings. The minimum absolute atomic E-state index is 0.0172. The molecule has 1 atom stereocenters. The fourth-order valence-electron chi connectivity index (χ4n) is 2.88. The Morgan fingerprint density at radius 2 is 1.94 bits per heavy atom. The number of amides is 1. The van der Waals surface area contributed by atoms with Crippen LogP contribution in [0.3, 0.4) is 0 Å². The first kappa shape index (κ1) is 25.0. The van der Waals surface area contributed by atoms with E-state index in [1.54, 1.807) is 13.8 Å². The first-order valence-electron chi connectivity index (χ1n) is 9.45. The maximum absolute atomic E-state index is 14.1. The molecule has 2 heterocycles. The second-order valence-corrected chi connectivity index (χ2v) is 9.02. The van der Waals surface area contributed by atoms with Crippen LogP contribution in [0.4, 0.5) is 17.6 Å². The molecule has 6 nitrogen and oxygen atoms in total. The fraction of sp³-hybridized carbons (Fsp3) is 0.286. The summed E-state index contributed by atoms with van der Waals surface area (Å²) in [5, 5.41) is 13.9. The average molecular weight is 503 g/mol. The number of alkyl halides is 3. The lowest BCUT2D eigenvalue weighted by Crippen LogP contribution is -2.51. The molecule has 1 unspecified atom stereocenters. The second kappa shape index (κ2) is 8.98. The SMILES string of the molecule is CC(C)(N)c1cc(-c2ccc(F)c(Cl)c2)nc(C(O)(CNC(=O)c2cscn2)C(F)(F)F)c1. The molecule has 0 radical (unpaired) electrons. The zero-order chi connectivity index (χ0) is 24.6. The Labute approximate surface area is 195 Å². The van der Waals surface area contributed by atoms with Gasteiger partial charge >= 0.3 is 6.18 Å². The monoisotopic (exact) mass is 502 g/mol. The number of carbonyl (C=O) groups is 1. The van der Waals surface area contributed by atoms with Crippen molar-refractivity contribution < 1.29 is 27.5 Å². The number of hydrogen-bond donors (Lipinski definition) is 3. The number of nitrogens with one attached hydrogen (secondary N) is 1. The smallest absolute Gasteiger partial charge is 0.374 e. The fourth-order valence-corrected chi connectivity index (χ4v) is 3.59. The van der Waals surface area contributed by atoms with Crippen molar-refractivity contribution in [2.45, 2.75) is 31.2 Å². The third-order valence-electron chi connectivity index (χ3n) is 4.85. The molecule has 0 saturated heterocycles. The van der Waals surface area contributed by atoms with E-state index in [1.165, 1.54) is 29.1 Å². The van der Waals surface area contributed by atoms with E-state index in [0.717, 1.165) is 23.5 Å². The number of halogens is 5. The highest BCUT2D eigenvalue weighted by Crippen LogP contribution is 2.40. The number of hydrogen-bond acceptors (Lipinski definition) is 6. The summed E-state index contributed by atoms with van der Waals surface area (Å²) in [5.74, 6) is -1.60. The van der Waals surface area contributed by atoms with Gasteiger partial charge in [0.25, 0.3) is 5.91 Å². The van der Waals surface area contributed by atoms with Crippen molar-refractivity contribution in [1.29, 1.82) is 0 Å². The maximum Gasteiger partial charge on any atom is 0.424 e. The van der Waals surface area contributed by atoms with Crippen LogP contribution >= 0.6 is 22.9 Å². The van der Waals surface area contributed by atoms with Gasteiger partial charge in [0, 0.05) is 16.5 Å². The normalized spacial score (nSPS) is 14.1. The standard InChI is InChI=1S/C21H19ClF4N4O2S/c1-19(2,27)12-6-15(11-3-4-14(23)13(22)5-11)30-17(7-12)20(32,21(24,25)26)9-28-18(31)16-8-33-10-29-16/h3-8,10,32H,9,27H2,1-2H3,(H,28,31).